The van der Waals surface area contributed by atoms with Gasteiger partial charge in [0.1, 0.15) is 5.75 Å². The topological polar surface area (TPSA) is 37.0 Å². The average Bonchev–Trinajstić information content (AvgIpc) is 2.88. The summed E-state index contributed by atoms with van der Waals surface area (Å²) >= 11 is 0. The second-order valence-electron chi connectivity index (χ2n) is 3.89. The molecule has 0 saturated carbocycles. The average molecular weight is 230 g/mol. The number of H-pyrrole nitrogens is 1. The van der Waals surface area contributed by atoms with Crippen molar-refractivity contribution in [2.24, 2.45) is 0 Å². The minimum absolute atomic E-state index is 0.751. The number of ether oxygens (including phenoxy) is 1. The van der Waals surface area contributed by atoms with Crippen molar-refractivity contribution in [3.8, 4) is 5.75 Å². The van der Waals surface area contributed by atoms with Crippen LogP contribution in [-0.2, 0) is 6.54 Å². The molecule has 1 heterocycles. The molecule has 0 aliphatic heterocycles. The molecule has 0 aliphatic carbocycles. The number of anilines is 1. The number of hydrogen-bond acceptors (Lipinski definition) is 2. The van der Waals surface area contributed by atoms with Crippen molar-refractivity contribution < 1.29 is 4.74 Å². The highest BCUT2D eigenvalue weighted by atomic mass is 16.5. The van der Waals surface area contributed by atoms with Crippen LogP contribution in [0.3, 0.4) is 0 Å². The number of nitrogens with one attached hydrogen (secondary N) is 2. The van der Waals surface area contributed by atoms with Crippen LogP contribution in [0.4, 0.5) is 5.69 Å². The molecular weight excluding hydrogens is 212 g/mol. The summed E-state index contributed by atoms with van der Waals surface area (Å²) in [6.07, 6.45) is 2.95. The SMILES string of the molecule is CCCOc1ccccc1NCc1ccc[nH]1. The van der Waals surface area contributed by atoms with Crippen LogP contribution >= 0.6 is 0 Å². The zero-order chi connectivity index (χ0) is 11.9. The summed E-state index contributed by atoms with van der Waals surface area (Å²) in [6, 6.07) is 12.1. The molecule has 2 N–H and O–H groups in total. The Labute approximate surface area is 102 Å². The molecule has 2 rings (SSSR count). The summed E-state index contributed by atoms with van der Waals surface area (Å²) < 4.78 is 5.68. The number of hydrogen-bond donors (Lipinski definition) is 2. The van der Waals surface area contributed by atoms with Crippen molar-refractivity contribution >= 4 is 5.69 Å². The maximum absolute atomic E-state index is 5.68. The number of rotatable bonds is 6. The molecule has 3 heteroatoms. The van der Waals surface area contributed by atoms with Gasteiger partial charge in [-0.1, -0.05) is 19.1 Å². The molecule has 0 aliphatic rings. The lowest BCUT2D eigenvalue weighted by molar-refractivity contribution is 0.319. The van der Waals surface area contributed by atoms with Crippen LogP contribution < -0.4 is 10.1 Å². The molecule has 1 aromatic carbocycles. The van der Waals surface area contributed by atoms with Gasteiger partial charge in [-0.3, -0.25) is 0 Å². The molecule has 0 amide bonds. The van der Waals surface area contributed by atoms with Gasteiger partial charge in [0.25, 0.3) is 0 Å². The zero-order valence-electron chi connectivity index (χ0n) is 10.1. The summed E-state index contributed by atoms with van der Waals surface area (Å²) in [4.78, 5) is 3.17. The molecule has 1 aromatic heterocycles. The minimum Gasteiger partial charge on any atom is -0.491 e. The van der Waals surface area contributed by atoms with Crippen molar-refractivity contribution in [2.75, 3.05) is 11.9 Å². The first kappa shape index (κ1) is 11.6. The first-order chi connectivity index (χ1) is 8.40. The summed E-state index contributed by atoms with van der Waals surface area (Å²) in [7, 11) is 0. The molecule has 0 radical (unpaired) electrons. The first-order valence-corrected chi connectivity index (χ1v) is 5.98. The second-order valence-corrected chi connectivity index (χ2v) is 3.89. The standard InChI is InChI=1S/C14H18N2O/c1-2-10-17-14-8-4-3-7-13(14)16-11-12-6-5-9-15-12/h3-9,15-16H,2,10-11H2,1H3. The van der Waals surface area contributed by atoms with E-state index in [0.717, 1.165) is 36.7 Å². The van der Waals surface area contributed by atoms with Crippen molar-refractivity contribution in [2.45, 2.75) is 19.9 Å². The van der Waals surface area contributed by atoms with Crippen LogP contribution in [-0.4, -0.2) is 11.6 Å². The molecule has 0 bridgehead atoms. The van der Waals surface area contributed by atoms with Gasteiger partial charge in [-0.15, -0.1) is 0 Å². The second kappa shape index (κ2) is 5.99. The largest absolute Gasteiger partial charge is 0.491 e. The van der Waals surface area contributed by atoms with E-state index in [-0.39, 0.29) is 0 Å². The normalized spacial score (nSPS) is 10.2. The maximum atomic E-state index is 5.68. The Morgan fingerprint density at radius 2 is 2.06 bits per heavy atom. The van der Waals surface area contributed by atoms with Gasteiger partial charge in [-0.05, 0) is 30.7 Å². The van der Waals surface area contributed by atoms with Crippen LogP contribution in [0.25, 0.3) is 0 Å². The molecule has 0 atom stereocenters. The highest BCUT2D eigenvalue weighted by Crippen LogP contribution is 2.24. The summed E-state index contributed by atoms with van der Waals surface area (Å²) in [6.45, 7) is 3.63. The van der Waals surface area contributed by atoms with E-state index in [4.69, 9.17) is 4.74 Å². The number of para-hydroxylation sites is 2. The molecule has 90 valence electrons. The van der Waals surface area contributed by atoms with Gasteiger partial charge in [-0.25, -0.2) is 0 Å². The van der Waals surface area contributed by atoms with Gasteiger partial charge in [0, 0.05) is 11.9 Å². The van der Waals surface area contributed by atoms with E-state index in [9.17, 15) is 0 Å². The quantitative estimate of drug-likeness (QED) is 0.798. The molecule has 2 aromatic rings. The van der Waals surface area contributed by atoms with Gasteiger partial charge in [0.2, 0.25) is 0 Å². The molecule has 17 heavy (non-hydrogen) atoms. The van der Waals surface area contributed by atoms with Crippen molar-refractivity contribution in [1.82, 2.24) is 4.98 Å². The van der Waals surface area contributed by atoms with Crippen LogP contribution in [0.1, 0.15) is 19.0 Å². The lowest BCUT2D eigenvalue weighted by Gasteiger charge is -2.12. The smallest absolute Gasteiger partial charge is 0.142 e. The van der Waals surface area contributed by atoms with E-state index in [0.29, 0.717) is 0 Å². The van der Waals surface area contributed by atoms with E-state index >= 15 is 0 Å². The predicted octanol–water partition coefficient (Wildman–Crippen LogP) is 3.42. The van der Waals surface area contributed by atoms with E-state index in [2.05, 4.69) is 23.3 Å². The molecule has 0 unspecified atom stereocenters. The highest BCUT2D eigenvalue weighted by molar-refractivity contribution is 5.56. The van der Waals surface area contributed by atoms with E-state index in [1.165, 1.54) is 0 Å². The van der Waals surface area contributed by atoms with Crippen LogP contribution in [0.15, 0.2) is 42.6 Å². The molecular formula is C14H18N2O. The number of aromatic nitrogens is 1. The molecule has 0 saturated heterocycles. The lowest BCUT2D eigenvalue weighted by atomic mass is 10.3. The highest BCUT2D eigenvalue weighted by Gasteiger charge is 2.02. The van der Waals surface area contributed by atoms with E-state index in [1.807, 2.05) is 36.5 Å². The Hall–Kier alpha value is -1.90. The van der Waals surface area contributed by atoms with Gasteiger partial charge < -0.3 is 15.0 Å². The third-order valence-corrected chi connectivity index (χ3v) is 2.48. The third-order valence-electron chi connectivity index (χ3n) is 2.48. The minimum atomic E-state index is 0.751. The Kier molecular flexibility index (Phi) is 4.08. The van der Waals surface area contributed by atoms with Crippen molar-refractivity contribution in [3.63, 3.8) is 0 Å². The van der Waals surface area contributed by atoms with Gasteiger partial charge in [-0.2, -0.15) is 0 Å². The summed E-state index contributed by atoms with van der Waals surface area (Å²) in [5.41, 5.74) is 2.20. The van der Waals surface area contributed by atoms with Gasteiger partial charge in [0.15, 0.2) is 0 Å². The first-order valence-electron chi connectivity index (χ1n) is 5.98. The zero-order valence-corrected chi connectivity index (χ0v) is 10.1. The summed E-state index contributed by atoms with van der Waals surface area (Å²) in [5, 5.41) is 3.37. The Bertz CT molecular complexity index is 437. The Morgan fingerprint density at radius 1 is 1.18 bits per heavy atom. The van der Waals surface area contributed by atoms with Crippen LogP contribution in [0.5, 0.6) is 5.75 Å². The van der Waals surface area contributed by atoms with Crippen molar-refractivity contribution in [3.05, 3.63) is 48.3 Å². The molecule has 0 fully saturated rings. The number of benzene rings is 1. The number of aromatic amines is 1. The summed E-state index contributed by atoms with van der Waals surface area (Å²) in [5.74, 6) is 0.918. The van der Waals surface area contributed by atoms with Gasteiger partial charge in [0.05, 0.1) is 18.8 Å². The van der Waals surface area contributed by atoms with Crippen LogP contribution in [0.2, 0.25) is 0 Å². The Balaban J connectivity index is 1.99. The van der Waals surface area contributed by atoms with Crippen molar-refractivity contribution in [1.29, 1.82) is 0 Å². The monoisotopic (exact) mass is 230 g/mol. The fourth-order valence-electron chi connectivity index (χ4n) is 1.62. The van der Waals surface area contributed by atoms with Crippen LogP contribution in [0, 0.1) is 0 Å². The van der Waals surface area contributed by atoms with E-state index < -0.39 is 0 Å². The van der Waals surface area contributed by atoms with Gasteiger partial charge >= 0.3 is 0 Å². The van der Waals surface area contributed by atoms with E-state index in [1.54, 1.807) is 0 Å². The third kappa shape index (κ3) is 3.28. The molecule has 3 nitrogen and oxygen atoms in total. The fourth-order valence-corrected chi connectivity index (χ4v) is 1.62. The maximum Gasteiger partial charge on any atom is 0.142 e. The predicted molar refractivity (Wildman–Crippen MR) is 70.3 cm³/mol. The molecule has 0 spiro atoms. The Morgan fingerprint density at radius 3 is 2.82 bits per heavy atom. The fraction of sp³-hybridized carbons (Fsp3) is 0.286. The lowest BCUT2D eigenvalue weighted by Crippen LogP contribution is -2.03.